The lowest BCUT2D eigenvalue weighted by Gasteiger charge is -2.28. The molecule has 1 aromatic heterocycles. The molecule has 0 spiro atoms. The molecule has 1 aliphatic carbocycles. The predicted molar refractivity (Wildman–Crippen MR) is 64.0 cm³/mol. The van der Waals surface area contributed by atoms with Crippen LogP contribution in [0.25, 0.3) is 0 Å². The molecule has 2 rings (SSSR count). The van der Waals surface area contributed by atoms with E-state index < -0.39 is 71.9 Å². The lowest BCUT2D eigenvalue weighted by Crippen LogP contribution is -2.33. The molecule has 0 aliphatic heterocycles. The molecule has 1 aliphatic rings. The summed E-state index contributed by atoms with van der Waals surface area (Å²) in [6, 6.07) is 0. The average molecular weight is 370 g/mol. The summed E-state index contributed by atoms with van der Waals surface area (Å²) >= 11 is -0.456. The molecule has 0 radical (unpaired) electrons. The fourth-order valence-electron chi connectivity index (χ4n) is 2.34. The van der Waals surface area contributed by atoms with Crippen LogP contribution in [0, 0.1) is 0 Å². The van der Waals surface area contributed by atoms with Crippen LogP contribution >= 0.6 is 11.8 Å². The number of aryl methyl sites for hydroxylation is 1. The van der Waals surface area contributed by atoms with Gasteiger partial charge < -0.3 is 5.11 Å². The van der Waals surface area contributed by atoms with Crippen LogP contribution in [0.15, 0.2) is 0 Å². The lowest BCUT2D eigenvalue weighted by molar-refractivity contribution is -0.150. The van der Waals surface area contributed by atoms with Crippen molar-refractivity contribution in [2.45, 2.75) is 43.1 Å². The standard InChI is InChI=1S/C11H10F8N2OS/c12-9(13)2-1-5-6(8(9)22)7(10(14,15)16)20-21(5)3-4-23-11(17,18)19/h8,22H,1-4H2/t8-/m0/s1. The van der Waals surface area contributed by atoms with E-state index in [1.807, 2.05) is 0 Å². The van der Waals surface area contributed by atoms with E-state index in [0.29, 0.717) is 4.68 Å². The number of thioether (sulfide) groups is 1. The molecule has 0 amide bonds. The van der Waals surface area contributed by atoms with Gasteiger partial charge in [-0.25, -0.2) is 8.78 Å². The van der Waals surface area contributed by atoms with Crippen molar-refractivity contribution in [3.63, 3.8) is 0 Å². The zero-order valence-electron chi connectivity index (χ0n) is 11.2. The van der Waals surface area contributed by atoms with Gasteiger partial charge in [0.15, 0.2) is 5.69 Å². The van der Waals surface area contributed by atoms with Gasteiger partial charge in [-0.1, -0.05) is 0 Å². The minimum Gasteiger partial charge on any atom is -0.382 e. The maximum absolute atomic E-state index is 13.5. The normalized spacial score (nSPS) is 21.3. The molecule has 0 unspecified atom stereocenters. The minimum absolute atomic E-state index is 0.307. The van der Waals surface area contributed by atoms with Crippen molar-refractivity contribution in [2.24, 2.45) is 0 Å². The van der Waals surface area contributed by atoms with E-state index in [2.05, 4.69) is 5.10 Å². The number of fused-ring (bicyclic) bond motifs is 1. The van der Waals surface area contributed by atoms with Crippen LogP contribution in [0.5, 0.6) is 0 Å². The van der Waals surface area contributed by atoms with Crippen LogP contribution in [0.1, 0.15) is 29.5 Å². The molecule has 132 valence electrons. The van der Waals surface area contributed by atoms with Gasteiger partial charge in [0.05, 0.1) is 6.54 Å². The molecule has 0 aromatic carbocycles. The molecule has 0 bridgehead atoms. The monoisotopic (exact) mass is 370 g/mol. The molecule has 1 atom stereocenters. The highest BCUT2D eigenvalue weighted by molar-refractivity contribution is 8.00. The van der Waals surface area contributed by atoms with Crippen molar-refractivity contribution >= 4 is 11.8 Å². The number of aromatic nitrogens is 2. The summed E-state index contributed by atoms with van der Waals surface area (Å²) < 4.78 is 102. The molecule has 0 fully saturated rings. The van der Waals surface area contributed by atoms with Gasteiger partial charge in [0.1, 0.15) is 6.10 Å². The summed E-state index contributed by atoms with van der Waals surface area (Å²) in [4.78, 5) is 0. The average Bonchev–Trinajstić information content (AvgIpc) is 2.72. The zero-order valence-corrected chi connectivity index (χ0v) is 12.0. The SMILES string of the molecule is O[C@H]1c2c(C(F)(F)F)nn(CCSC(F)(F)F)c2CCC1(F)F. The molecule has 3 nitrogen and oxygen atoms in total. The third kappa shape index (κ3) is 3.90. The van der Waals surface area contributed by atoms with Gasteiger partial charge in [-0.15, -0.1) is 0 Å². The summed E-state index contributed by atoms with van der Waals surface area (Å²) in [6.07, 6.45) is -9.21. The Bertz CT molecular complexity index is 580. The number of halogens is 8. The first kappa shape index (κ1) is 18.3. The van der Waals surface area contributed by atoms with Crippen molar-refractivity contribution in [1.29, 1.82) is 0 Å². The van der Waals surface area contributed by atoms with Gasteiger partial charge >= 0.3 is 11.7 Å². The number of alkyl halides is 8. The van der Waals surface area contributed by atoms with Crippen LogP contribution in [0.3, 0.4) is 0 Å². The second-order valence-electron chi connectivity index (χ2n) is 4.89. The number of hydrogen-bond donors (Lipinski definition) is 1. The summed E-state index contributed by atoms with van der Waals surface area (Å²) in [5.41, 5.74) is -7.60. The largest absolute Gasteiger partial charge is 0.441 e. The fourth-order valence-corrected chi connectivity index (χ4v) is 2.83. The number of nitrogens with zero attached hydrogens (tertiary/aromatic N) is 2. The quantitative estimate of drug-likeness (QED) is 0.824. The van der Waals surface area contributed by atoms with Crippen LogP contribution in [0.4, 0.5) is 35.1 Å². The van der Waals surface area contributed by atoms with E-state index in [9.17, 15) is 40.2 Å². The minimum atomic E-state index is -5.10. The maximum atomic E-state index is 13.5. The van der Waals surface area contributed by atoms with Crippen molar-refractivity contribution in [2.75, 3.05) is 5.75 Å². The first-order valence-electron chi connectivity index (χ1n) is 6.26. The van der Waals surface area contributed by atoms with Gasteiger partial charge in [-0.3, -0.25) is 4.68 Å². The molecule has 0 saturated carbocycles. The van der Waals surface area contributed by atoms with E-state index in [1.54, 1.807) is 0 Å². The van der Waals surface area contributed by atoms with Crippen LogP contribution < -0.4 is 0 Å². The van der Waals surface area contributed by atoms with Gasteiger partial charge in [0.2, 0.25) is 0 Å². The third-order valence-electron chi connectivity index (χ3n) is 3.30. The van der Waals surface area contributed by atoms with Crippen molar-refractivity contribution in [3.8, 4) is 0 Å². The second kappa shape index (κ2) is 5.80. The molecule has 1 heterocycles. The Kier molecular flexibility index (Phi) is 4.61. The Morgan fingerprint density at radius 3 is 2.35 bits per heavy atom. The third-order valence-corrected chi connectivity index (χ3v) is 4.02. The predicted octanol–water partition coefficient (Wildman–Crippen LogP) is 3.77. The Labute approximate surface area is 128 Å². The summed E-state index contributed by atoms with van der Waals surface area (Å²) in [5.74, 6) is -4.37. The molecular weight excluding hydrogens is 360 g/mol. The Balaban J connectivity index is 2.36. The topological polar surface area (TPSA) is 38.1 Å². The smallest absolute Gasteiger partial charge is 0.382 e. The number of aliphatic hydroxyl groups excluding tert-OH is 1. The van der Waals surface area contributed by atoms with Gasteiger partial charge in [-0.05, 0) is 18.2 Å². The summed E-state index contributed by atoms with van der Waals surface area (Å²) in [6.45, 7) is -0.541. The first-order valence-corrected chi connectivity index (χ1v) is 7.25. The highest BCUT2D eigenvalue weighted by Crippen LogP contribution is 2.46. The van der Waals surface area contributed by atoms with Crippen molar-refractivity contribution < 1.29 is 40.2 Å². The number of hydrogen-bond acceptors (Lipinski definition) is 3. The molecular formula is C11H10F8N2OS. The van der Waals surface area contributed by atoms with Crippen LogP contribution in [-0.2, 0) is 19.1 Å². The molecule has 1 aromatic rings. The Hall–Kier alpha value is -1.04. The molecule has 1 N–H and O–H groups in total. The van der Waals surface area contributed by atoms with Crippen molar-refractivity contribution in [1.82, 2.24) is 9.78 Å². The summed E-state index contributed by atoms with van der Waals surface area (Å²) in [5, 5.41) is 12.6. The lowest BCUT2D eigenvalue weighted by atomic mass is 9.89. The van der Waals surface area contributed by atoms with E-state index in [-0.39, 0.29) is 5.69 Å². The number of rotatable bonds is 3. The first-order chi connectivity index (χ1) is 10.3. The molecule has 0 saturated heterocycles. The van der Waals surface area contributed by atoms with Crippen LogP contribution in [0.2, 0.25) is 0 Å². The maximum Gasteiger partial charge on any atom is 0.441 e. The number of aliphatic hydroxyl groups is 1. The van der Waals surface area contributed by atoms with E-state index >= 15 is 0 Å². The fraction of sp³-hybridized carbons (Fsp3) is 0.727. The Morgan fingerprint density at radius 2 is 1.83 bits per heavy atom. The molecule has 12 heteroatoms. The van der Waals surface area contributed by atoms with Crippen LogP contribution in [-0.4, -0.2) is 32.1 Å². The molecule has 23 heavy (non-hydrogen) atoms. The van der Waals surface area contributed by atoms with E-state index in [4.69, 9.17) is 0 Å². The highest BCUT2D eigenvalue weighted by atomic mass is 32.2. The highest BCUT2D eigenvalue weighted by Gasteiger charge is 2.51. The summed E-state index contributed by atoms with van der Waals surface area (Å²) in [7, 11) is 0. The van der Waals surface area contributed by atoms with E-state index in [0.717, 1.165) is 0 Å². The van der Waals surface area contributed by atoms with Gasteiger partial charge in [-0.2, -0.15) is 31.4 Å². The van der Waals surface area contributed by atoms with Gasteiger partial charge in [0, 0.05) is 23.4 Å². The van der Waals surface area contributed by atoms with Crippen molar-refractivity contribution in [3.05, 3.63) is 17.0 Å². The van der Waals surface area contributed by atoms with Gasteiger partial charge in [0.25, 0.3) is 5.92 Å². The van der Waals surface area contributed by atoms with E-state index in [1.165, 1.54) is 0 Å². The zero-order chi connectivity index (χ0) is 17.6. The second-order valence-corrected chi connectivity index (χ2v) is 6.05. The Morgan fingerprint density at radius 1 is 1.22 bits per heavy atom.